The molecule has 0 spiro atoms. The summed E-state index contributed by atoms with van der Waals surface area (Å²) in [5.41, 5.74) is 0.741. The van der Waals surface area contributed by atoms with Crippen molar-refractivity contribution in [1.82, 2.24) is 0 Å². The third-order valence-corrected chi connectivity index (χ3v) is 2.10. The molecule has 0 radical (unpaired) electrons. The van der Waals surface area contributed by atoms with Crippen LogP contribution in [0.4, 0.5) is 5.69 Å². The molecule has 0 unspecified atom stereocenters. The van der Waals surface area contributed by atoms with Crippen molar-refractivity contribution in [3.05, 3.63) is 18.2 Å². The highest BCUT2D eigenvalue weighted by Gasteiger charge is 2.06. The van der Waals surface area contributed by atoms with Gasteiger partial charge < -0.3 is 19.5 Å². The molecule has 0 saturated heterocycles. The summed E-state index contributed by atoms with van der Waals surface area (Å²) in [5, 5.41) is 3.18. The summed E-state index contributed by atoms with van der Waals surface area (Å²) in [6.45, 7) is 0. The highest BCUT2D eigenvalue weighted by molar-refractivity contribution is 7.80. The van der Waals surface area contributed by atoms with Gasteiger partial charge in [0.05, 0.1) is 27.0 Å². The molecule has 15 heavy (non-hydrogen) atoms. The predicted octanol–water partition coefficient (Wildman–Crippen LogP) is 2.05. The van der Waals surface area contributed by atoms with Crippen molar-refractivity contribution in [2.75, 3.05) is 26.6 Å². The van der Waals surface area contributed by atoms with E-state index in [1.54, 1.807) is 20.3 Å². The lowest BCUT2D eigenvalue weighted by atomic mass is 10.3. The Morgan fingerprint density at radius 1 is 1.20 bits per heavy atom. The second-order valence-electron chi connectivity index (χ2n) is 2.68. The summed E-state index contributed by atoms with van der Waals surface area (Å²) in [6.07, 6.45) is 0. The van der Waals surface area contributed by atoms with Gasteiger partial charge in [-0.1, -0.05) is 0 Å². The van der Waals surface area contributed by atoms with Crippen molar-refractivity contribution in [3.63, 3.8) is 0 Å². The van der Waals surface area contributed by atoms with Gasteiger partial charge in [-0.25, -0.2) is 0 Å². The van der Waals surface area contributed by atoms with E-state index >= 15 is 0 Å². The summed E-state index contributed by atoms with van der Waals surface area (Å²) in [4.78, 5) is 0. The molecule has 0 fully saturated rings. The third-order valence-electron chi connectivity index (χ3n) is 1.83. The van der Waals surface area contributed by atoms with E-state index in [4.69, 9.17) is 26.4 Å². The van der Waals surface area contributed by atoms with Gasteiger partial charge in [0.1, 0.15) is 11.5 Å². The molecule has 1 aromatic rings. The number of methoxy groups -OCH3 is 3. The number of hydrogen-bond donors (Lipinski definition) is 1. The lowest BCUT2D eigenvalue weighted by molar-refractivity contribution is 0.394. The van der Waals surface area contributed by atoms with E-state index in [-0.39, 0.29) is 0 Å². The molecular formula is C10H13NO3S. The van der Waals surface area contributed by atoms with Crippen LogP contribution in [0.1, 0.15) is 0 Å². The van der Waals surface area contributed by atoms with Gasteiger partial charge >= 0.3 is 0 Å². The zero-order chi connectivity index (χ0) is 11.3. The van der Waals surface area contributed by atoms with E-state index in [9.17, 15) is 0 Å². The number of rotatable bonds is 3. The Morgan fingerprint density at radius 3 is 2.47 bits per heavy atom. The van der Waals surface area contributed by atoms with Gasteiger partial charge in [-0.3, -0.25) is 0 Å². The molecule has 0 aliphatic carbocycles. The van der Waals surface area contributed by atoms with Crippen molar-refractivity contribution in [2.24, 2.45) is 0 Å². The molecule has 0 heterocycles. The molecule has 0 aromatic heterocycles. The monoisotopic (exact) mass is 227 g/mol. The molecule has 0 saturated carbocycles. The first-order valence-electron chi connectivity index (χ1n) is 4.28. The molecule has 5 heteroatoms. The van der Waals surface area contributed by atoms with Crippen LogP contribution >= 0.6 is 12.2 Å². The van der Waals surface area contributed by atoms with Crippen molar-refractivity contribution < 1.29 is 14.2 Å². The minimum atomic E-state index is 0.290. The van der Waals surface area contributed by atoms with E-state index in [1.165, 1.54) is 7.11 Å². The molecule has 0 aliphatic rings. The Kier molecular flexibility index (Phi) is 4.17. The average Bonchev–Trinajstić information content (AvgIpc) is 2.29. The van der Waals surface area contributed by atoms with Crippen molar-refractivity contribution in [1.29, 1.82) is 0 Å². The minimum Gasteiger partial charge on any atom is -0.497 e. The smallest absolute Gasteiger partial charge is 0.260 e. The van der Waals surface area contributed by atoms with Gasteiger partial charge in [0.15, 0.2) is 0 Å². The van der Waals surface area contributed by atoms with Gasteiger partial charge in [0.25, 0.3) is 5.17 Å². The van der Waals surface area contributed by atoms with Crippen LogP contribution in [0.25, 0.3) is 0 Å². The molecule has 0 bridgehead atoms. The standard InChI is InChI=1S/C10H13NO3S/c1-12-7-4-5-8(9(6-7)13-2)11-10(15)14-3/h4-6H,1-3H3,(H,11,15). The first-order valence-corrected chi connectivity index (χ1v) is 4.69. The lowest BCUT2D eigenvalue weighted by Crippen LogP contribution is -2.11. The third kappa shape index (κ3) is 2.99. The van der Waals surface area contributed by atoms with Crippen LogP contribution in [0.5, 0.6) is 11.5 Å². The number of hydrogen-bond acceptors (Lipinski definition) is 4. The minimum absolute atomic E-state index is 0.290. The highest BCUT2D eigenvalue weighted by atomic mass is 32.1. The highest BCUT2D eigenvalue weighted by Crippen LogP contribution is 2.28. The Hall–Kier alpha value is -1.49. The van der Waals surface area contributed by atoms with E-state index in [1.807, 2.05) is 12.1 Å². The molecule has 0 aliphatic heterocycles. The van der Waals surface area contributed by atoms with Crippen LogP contribution in [0.15, 0.2) is 18.2 Å². The Morgan fingerprint density at radius 2 is 1.93 bits per heavy atom. The predicted molar refractivity (Wildman–Crippen MR) is 62.8 cm³/mol. The van der Waals surface area contributed by atoms with Gasteiger partial charge in [0.2, 0.25) is 0 Å². The number of ether oxygens (including phenoxy) is 3. The number of anilines is 1. The maximum absolute atomic E-state index is 5.18. The molecule has 82 valence electrons. The molecule has 1 N–H and O–H groups in total. The van der Waals surface area contributed by atoms with E-state index < -0.39 is 0 Å². The molecule has 1 aromatic carbocycles. The summed E-state index contributed by atoms with van der Waals surface area (Å²) in [7, 11) is 4.68. The Balaban J connectivity index is 2.92. The topological polar surface area (TPSA) is 39.7 Å². The van der Waals surface area contributed by atoms with Gasteiger partial charge in [-0.2, -0.15) is 0 Å². The van der Waals surface area contributed by atoms with Crippen molar-refractivity contribution in [2.45, 2.75) is 0 Å². The van der Waals surface area contributed by atoms with Crippen molar-refractivity contribution >= 4 is 23.1 Å². The Bertz CT molecular complexity index is 355. The number of thiocarbonyl (C=S) groups is 1. The maximum Gasteiger partial charge on any atom is 0.260 e. The van der Waals surface area contributed by atoms with Crippen LogP contribution in [-0.4, -0.2) is 26.5 Å². The van der Waals surface area contributed by atoms with Crippen molar-refractivity contribution in [3.8, 4) is 11.5 Å². The fraction of sp³-hybridized carbons (Fsp3) is 0.300. The van der Waals surface area contributed by atoms with Crippen LogP contribution in [0.2, 0.25) is 0 Å². The van der Waals surface area contributed by atoms with Crippen LogP contribution in [-0.2, 0) is 4.74 Å². The molecule has 0 amide bonds. The first kappa shape index (κ1) is 11.6. The summed E-state index contributed by atoms with van der Waals surface area (Å²) < 4.78 is 15.1. The maximum atomic E-state index is 5.18. The Labute approximate surface area is 94.1 Å². The molecule has 0 atom stereocenters. The second kappa shape index (κ2) is 5.41. The number of nitrogens with one attached hydrogen (secondary N) is 1. The van der Waals surface area contributed by atoms with E-state index in [0.29, 0.717) is 10.9 Å². The molecule has 4 nitrogen and oxygen atoms in total. The molecular weight excluding hydrogens is 214 g/mol. The lowest BCUT2D eigenvalue weighted by Gasteiger charge is -2.11. The van der Waals surface area contributed by atoms with Gasteiger partial charge in [-0.05, 0) is 24.4 Å². The molecule has 1 rings (SSSR count). The zero-order valence-electron chi connectivity index (χ0n) is 8.87. The van der Waals surface area contributed by atoms with E-state index in [0.717, 1.165) is 11.4 Å². The SMILES string of the molecule is COC(=S)Nc1ccc(OC)cc1OC. The number of benzene rings is 1. The summed E-state index contributed by atoms with van der Waals surface area (Å²) in [6, 6.07) is 5.38. The largest absolute Gasteiger partial charge is 0.497 e. The summed E-state index contributed by atoms with van der Waals surface area (Å²) >= 11 is 4.89. The van der Waals surface area contributed by atoms with Crippen LogP contribution in [0.3, 0.4) is 0 Å². The second-order valence-corrected chi connectivity index (χ2v) is 3.05. The van der Waals surface area contributed by atoms with Crippen LogP contribution in [0, 0.1) is 0 Å². The fourth-order valence-electron chi connectivity index (χ4n) is 1.06. The first-order chi connectivity index (χ1) is 7.21. The van der Waals surface area contributed by atoms with Gasteiger partial charge in [-0.15, -0.1) is 0 Å². The summed E-state index contributed by atoms with van der Waals surface area (Å²) in [5.74, 6) is 1.37. The van der Waals surface area contributed by atoms with E-state index in [2.05, 4.69) is 5.32 Å². The zero-order valence-corrected chi connectivity index (χ0v) is 9.68. The fourth-order valence-corrected chi connectivity index (χ4v) is 1.17. The van der Waals surface area contributed by atoms with Crippen LogP contribution < -0.4 is 14.8 Å². The quantitative estimate of drug-likeness (QED) is 0.800. The average molecular weight is 227 g/mol. The van der Waals surface area contributed by atoms with Gasteiger partial charge in [0, 0.05) is 6.07 Å². The normalized spacial score (nSPS) is 9.27.